The van der Waals surface area contributed by atoms with Crippen LogP contribution < -0.4 is 9.64 Å². The summed E-state index contributed by atoms with van der Waals surface area (Å²) < 4.78 is 71.5. The molecule has 11 heteroatoms. The lowest BCUT2D eigenvalue weighted by molar-refractivity contribution is -0.137. The number of carbonyl (C=O) groups excluding carboxylic acids is 1. The van der Waals surface area contributed by atoms with Crippen LogP contribution in [0.25, 0.3) is 11.3 Å². The Bertz CT molecular complexity index is 1640. The van der Waals surface area contributed by atoms with Gasteiger partial charge in [-0.25, -0.2) is 9.18 Å². The fourth-order valence-corrected chi connectivity index (χ4v) is 5.56. The van der Waals surface area contributed by atoms with Crippen LogP contribution in [0.3, 0.4) is 0 Å². The van der Waals surface area contributed by atoms with Crippen molar-refractivity contribution in [1.29, 1.82) is 0 Å². The molecule has 1 aromatic heterocycles. The lowest BCUT2D eigenvalue weighted by Gasteiger charge is -2.41. The first-order chi connectivity index (χ1) is 20.1. The Hall–Kier alpha value is -4.05. The lowest BCUT2D eigenvalue weighted by atomic mass is 9.90. The predicted molar refractivity (Wildman–Crippen MR) is 147 cm³/mol. The van der Waals surface area contributed by atoms with Gasteiger partial charge in [-0.2, -0.15) is 13.2 Å². The number of rotatable bonds is 8. The van der Waals surface area contributed by atoms with Gasteiger partial charge in [-0.3, -0.25) is 0 Å². The Morgan fingerprint density at radius 3 is 2.52 bits per heavy atom. The van der Waals surface area contributed by atoms with Gasteiger partial charge in [0.15, 0.2) is 0 Å². The number of ether oxygens (including phenoxy) is 2. The van der Waals surface area contributed by atoms with E-state index in [4.69, 9.17) is 25.6 Å². The molecule has 0 unspecified atom stereocenters. The second-order valence-electron chi connectivity index (χ2n) is 10.5. The maximum atomic E-state index is 14.1. The Balaban J connectivity index is 1.17. The van der Waals surface area contributed by atoms with E-state index in [1.807, 2.05) is 11.0 Å². The van der Waals surface area contributed by atoms with Crippen LogP contribution in [0.2, 0.25) is 5.02 Å². The maximum Gasteiger partial charge on any atom is 0.417 e. The fourth-order valence-electron chi connectivity index (χ4n) is 5.24. The highest BCUT2D eigenvalue weighted by atomic mass is 35.5. The van der Waals surface area contributed by atoms with Gasteiger partial charge in [-0.15, -0.1) is 0 Å². The van der Waals surface area contributed by atoms with E-state index in [1.54, 1.807) is 18.2 Å². The predicted octanol–water partition coefficient (Wildman–Crippen LogP) is 8.00. The summed E-state index contributed by atoms with van der Waals surface area (Å²) in [6.07, 6.45) is -2.80. The highest BCUT2D eigenvalue weighted by Gasteiger charge is 2.38. The summed E-state index contributed by atoms with van der Waals surface area (Å²) in [6.45, 7) is 1.10. The van der Waals surface area contributed by atoms with E-state index in [9.17, 15) is 22.4 Å². The molecule has 0 radical (unpaired) electrons. The zero-order chi connectivity index (χ0) is 29.6. The highest BCUT2D eigenvalue weighted by molar-refractivity contribution is 6.31. The van der Waals surface area contributed by atoms with Gasteiger partial charge in [-0.05, 0) is 54.8 Å². The van der Waals surface area contributed by atoms with E-state index in [0.717, 1.165) is 30.5 Å². The van der Waals surface area contributed by atoms with Crippen LogP contribution in [0.1, 0.15) is 57.5 Å². The normalized spacial score (nSPS) is 15.4. The standard InChI is InChI=1S/C31H25ClF4N2O4/c1-40-30(39)18-10-20(33)12-21(11-18)38-14-19(15-38)23-9-8-22(13-27(23)32)41-16-25-28(37-42-29(25)17-6-7-17)24-4-2-3-5-26(24)31(34,35)36/h2-5,8-13,17,19H,6-7,14-16H2,1H3. The van der Waals surface area contributed by atoms with Gasteiger partial charge in [0.25, 0.3) is 0 Å². The van der Waals surface area contributed by atoms with Gasteiger partial charge in [0, 0.05) is 41.2 Å². The molecule has 1 aliphatic carbocycles. The van der Waals surface area contributed by atoms with Gasteiger partial charge in [0.1, 0.15) is 29.6 Å². The molecule has 218 valence electrons. The smallest absolute Gasteiger partial charge is 0.417 e. The Morgan fingerprint density at radius 2 is 1.83 bits per heavy atom. The molecule has 1 saturated heterocycles. The zero-order valence-corrected chi connectivity index (χ0v) is 23.1. The number of carbonyl (C=O) groups is 1. The number of nitrogens with zero attached hydrogens (tertiary/aromatic N) is 2. The average molecular weight is 601 g/mol. The van der Waals surface area contributed by atoms with E-state index in [1.165, 1.54) is 31.4 Å². The van der Waals surface area contributed by atoms with Crippen molar-refractivity contribution in [1.82, 2.24) is 5.16 Å². The number of anilines is 1. The van der Waals surface area contributed by atoms with Crippen molar-refractivity contribution in [3.05, 3.63) is 99.5 Å². The molecule has 6 nitrogen and oxygen atoms in total. The Labute approximate surface area is 243 Å². The Kier molecular flexibility index (Phi) is 7.34. The summed E-state index contributed by atoms with van der Waals surface area (Å²) in [5, 5.41) is 4.50. The number of methoxy groups -OCH3 is 1. The fraction of sp³-hybridized carbons (Fsp3) is 0.290. The quantitative estimate of drug-likeness (QED) is 0.151. The molecular weight excluding hydrogens is 576 g/mol. The van der Waals surface area contributed by atoms with Crippen LogP contribution in [-0.4, -0.2) is 31.3 Å². The molecule has 1 saturated carbocycles. The molecule has 2 fully saturated rings. The van der Waals surface area contributed by atoms with E-state index in [2.05, 4.69) is 5.16 Å². The molecule has 1 aliphatic heterocycles. The second kappa shape index (κ2) is 11.0. The largest absolute Gasteiger partial charge is 0.489 e. The minimum atomic E-state index is -4.55. The number of hydrogen-bond acceptors (Lipinski definition) is 6. The van der Waals surface area contributed by atoms with E-state index in [0.29, 0.717) is 40.9 Å². The lowest BCUT2D eigenvalue weighted by Crippen LogP contribution is -2.45. The summed E-state index contributed by atoms with van der Waals surface area (Å²) in [5.41, 5.74) is 1.36. The van der Waals surface area contributed by atoms with Gasteiger partial charge in [0.2, 0.25) is 0 Å². The number of alkyl halides is 3. The van der Waals surface area contributed by atoms with Gasteiger partial charge in [0.05, 0.1) is 23.8 Å². The summed E-state index contributed by atoms with van der Waals surface area (Å²) in [6, 6.07) is 14.6. The average Bonchev–Trinajstić information content (AvgIpc) is 3.69. The van der Waals surface area contributed by atoms with Gasteiger partial charge >= 0.3 is 12.1 Å². The van der Waals surface area contributed by atoms with Crippen molar-refractivity contribution in [2.45, 2.75) is 37.5 Å². The van der Waals surface area contributed by atoms with E-state index in [-0.39, 0.29) is 35.3 Å². The molecule has 42 heavy (non-hydrogen) atoms. The van der Waals surface area contributed by atoms with Crippen LogP contribution in [0.4, 0.5) is 23.2 Å². The van der Waals surface area contributed by atoms with Gasteiger partial charge in [-0.1, -0.05) is 41.0 Å². The van der Waals surface area contributed by atoms with E-state index >= 15 is 0 Å². The van der Waals surface area contributed by atoms with Crippen LogP contribution >= 0.6 is 11.6 Å². The monoisotopic (exact) mass is 600 g/mol. The SMILES string of the molecule is COC(=O)c1cc(F)cc(N2CC(c3ccc(OCc4c(-c5ccccc5C(F)(F)F)noc4C4CC4)cc3Cl)C2)c1. The topological polar surface area (TPSA) is 64.8 Å². The van der Waals surface area contributed by atoms with Crippen LogP contribution in [0.5, 0.6) is 5.75 Å². The molecule has 0 bridgehead atoms. The third-order valence-electron chi connectivity index (χ3n) is 7.60. The molecule has 3 aromatic carbocycles. The molecule has 0 spiro atoms. The molecule has 4 aromatic rings. The first kappa shape index (κ1) is 28.1. The van der Waals surface area contributed by atoms with E-state index < -0.39 is 23.5 Å². The Morgan fingerprint density at radius 1 is 1.07 bits per heavy atom. The van der Waals surface area contributed by atoms with Crippen molar-refractivity contribution >= 4 is 23.3 Å². The summed E-state index contributed by atoms with van der Waals surface area (Å²) in [7, 11) is 1.24. The van der Waals surface area contributed by atoms with Crippen molar-refractivity contribution in [2.24, 2.45) is 0 Å². The van der Waals surface area contributed by atoms with Crippen molar-refractivity contribution < 1.29 is 36.4 Å². The number of halogens is 5. The summed E-state index contributed by atoms with van der Waals surface area (Å²) in [5.74, 6) is 0.0357. The third-order valence-corrected chi connectivity index (χ3v) is 7.93. The number of benzene rings is 3. The highest BCUT2D eigenvalue weighted by Crippen LogP contribution is 2.46. The van der Waals surface area contributed by atoms with Crippen molar-refractivity contribution in [3.8, 4) is 17.0 Å². The molecule has 0 atom stereocenters. The minimum Gasteiger partial charge on any atom is -0.489 e. The molecular formula is C31H25ClF4N2O4. The molecule has 0 amide bonds. The first-order valence-electron chi connectivity index (χ1n) is 13.3. The maximum absolute atomic E-state index is 14.1. The minimum absolute atomic E-state index is 0.0359. The third kappa shape index (κ3) is 5.55. The summed E-state index contributed by atoms with van der Waals surface area (Å²) in [4.78, 5) is 13.8. The second-order valence-corrected chi connectivity index (χ2v) is 10.9. The molecule has 2 heterocycles. The molecule has 6 rings (SSSR count). The first-order valence-corrected chi connectivity index (χ1v) is 13.7. The van der Waals surface area contributed by atoms with Crippen LogP contribution in [0, 0.1) is 5.82 Å². The summed E-state index contributed by atoms with van der Waals surface area (Å²) >= 11 is 6.62. The number of hydrogen-bond donors (Lipinski definition) is 0. The van der Waals surface area contributed by atoms with Crippen molar-refractivity contribution in [2.75, 3.05) is 25.1 Å². The van der Waals surface area contributed by atoms with Gasteiger partial charge < -0.3 is 18.9 Å². The zero-order valence-electron chi connectivity index (χ0n) is 22.4. The number of aromatic nitrogens is 1. The van der Waals surface area contributed by atoms with Crippen LogP contribution in [0.15, 0.2) is 65.2 Å². The number of esters is 1. The molecule has 2 aliphatic rings. The van der Waals surface area contributed by atoms with Crippen molar-refractivity contribution in [3.63, 3.8) is 0 Å². The molecule has 0 N–H and O–H groups in total. The van der Waals surface area contributed by atoms with Crippen LogP contribution in [-0.2, 0) is 17.5 Å².